The number of amides is 2. The molecule has 5 heteroatoms. The number of rotatable bonds is 7. The van der Waals surface area contributed by atoms with Gasteiger partial charge in [-0.05, 0) is 30.6 Å². The summed E-state index contributed by atoms with van der Waals surface area (Å²) in [5.74, 6) is 0.644. The first-order valence-electron chi connectivity index (χ1n) is 7.54. The molecule has 0 aliphatic heterocycles. The fourth-order valence-electron chi connectivity index (χ4n) is 3.28. The van der Waals surface area contributed by atoms with Gasteiger partial charge in [0, 0.05) is 19.2 Å². The number of carbonyl (C=O) groups is 2. The van der Waals surface area contributed by atoms with Crippen molar-refractivity contribution >= 4 is 24.4 Å². The number of hydrogen-bond donors (Lipinski definition) is 3. The molecular weight excluding hydrogens is 272 g/mol. The number of carbonyl (C=O) groups excluding carboxylic acids is 2. The standard InChI is InChI=1S/C15H28N2O2S/c1-11(2)8-15(6-4-5-7-15)10-16-14(19)13(9-20)17-12(3)18/h11,13,20H,4-10H2,1-3H3,(H,16,19)(H,17,18). The second-order valence-electron chi connectivity index (χ2n) is 6.46. The zero-order valence-corrected chi connectivity index (χ0v) is 13.8. The van der Waals surface area contributed by atoms with Crippen molar-refractivity contribution in [3.05, 3.63) is 0 Å². The summed E-state index contributed by atoms with van der Waals surface area (Å²) in [7, 11) is 0. The van der Waals surface area contributed by atoms with Gasteiger partial charge in [-0.1, -0.05) is 26.7 Å². The van der Waals surface area contributed by atoms with Crippen LogP contribution in [0.4, 0.5) is 0 Å². The van der Waals surface area contributed by atoms with E-state index in [9.17, 15) is 9.59 Å². The van der Waals surface area contributed by atoms with Crippen LogP contribution in [0.3, 0.4) is 0 Å². The quantitative estimate of drug-likeness (QED) is 0.631. The van der Waals surface area contributed by atoms with Crippen LogP contribution < -0.4 is 10.6 Å². The molecule has 1 atom stereocenters. The number of hydrogen-bond acceptors (Lipinski definition) is 3. The Morgan fingerprint density at radius 1 is 1.25 bits per heavy atom. The van der Waals surface area contributed by atoms with E-state index >= 15 is 0 Å². The summed E-state index contributed by atoms with van der Waals surface area (Å²) in [6, 6.07) is -0.534. The Labute approximate surface area is 127 Å². The molecule has 1 aliphatic rings. The van der Waals surface area contributed by atoms with Gasteiger partial charge in [0.15, 0.2) is 0 Å². The third-order valence-corrected chi connectivity index (χ3v) is 4.38. The SMILES string of the molecule is CC(=O)NC(CS)C(=O)NCC1(CC(C)C)CCCC1. The highest BCUT2D eigenvalue weighted by Crippen LogP contribution is 2.42. The fourth-order valence-corrected chi connectivity index (χ4v) is 3.54. The first-order chi connectivity index (χ1) is 9.38. The highest BCUT2D eigenvalue weighted by Gasteiger charge is 2.35. The van der Waals surface area contributed by atoms with E-state index in [2.05, 4.69) is 37.1 Å². The fraction of sp³-hybridized carbons (Fsp3) is 0.867. The molecule has 0 bridgehead atoms. The number of nitrogens with one attached hydrogen (secondary N) is 2. The summed E-state index contributed by atoms with van der Waals surface area (Å²) in [4.78, 5) is 23.2. The van der Waals surface area contributed by atoms with E-state index in [1.54, 1.807) is 0 Å². The lowest BCUT2D eigenvalue weighted by Gasteiger charge is -2.31. The van der Waals surface area contributed by atoms with Gasteiger partial charge in [0.1, 0.15) is 6.04 Å². The monoisotopic (exact) mass is 300 g/mol. The molecule has 2 N–H and O–H groups in total. The molecule has 1 aliphatic carbocycles. The van der Waals surface area contributed by atoms with Gasteiger partial charge in [0.25, 0.3) is 0 Å². The minimum absolute atomic E-state index is 0.120. The van der Waals surface area contributed by atoms with Crippen LogP contribution >= 0.6 is 12.6 Å². The maximum absolute atomic E-state index is 12.1. The molecule has 1 fully saturated rings. The van der Waals surface area contributed by atoms with Crippen LogP contribution in [0.25, 0.3) is 0 Å². The molecule has 0 aromatic carbocycles. The van der Waals surface area contributed by atoms with Crippen molar-refractivity contribution in [2.45, 2.75) is 58.9 Å². The third-order valence-electron chi connectivity index (χ3n) is 4.02. The maximum Gasteiger partial charge on any atom is 0.243 e. The molecule has 0 aromatic rings. The third kappa shape index (κ3) is 5.35. The summed E-state index contributed by atoms with van der Waals surface area (Å²) in [5.41, 5.74) is 0.251. The van der Waals surface area contributed by atoms with E-state index in [1.165, 1.54) is 32.6 Å². The van der Waals surface area contributed by atoms with Gasteiger partial charge in [0.05, 0.1) is 0 Å². The van der Waals surface area contributed by atoms with Crippen molar-refractivity contribution in [2.24, 2.45) is 11.3 Å². The molecule has 1 unspecified atom stereocenters. The zero-order chi connectivity index (χ0) is 15.2. The van der Waals surface area contributed by atoms with E-state index in [4.69, 9.17) is 0 Å². The van der Waals surface area contributed by atoms with E-state index < -0.39 is 6.04 Å². The van der Waals surface area contributed by atoms with Gasteiger partial charge in [-0.3, -0.25) is 9.59 Å². The molecule has 0 saturated heterocycles. The first-order valence-corrected chi connectivity index (χ1v) is 8.17. The normalized spacial score (nSPS) is 18.9. The highest BCUT2D eigenvalue weighted by atomic mass is 32.1. The zero-order valence-electron chi connectivity index (χ0n) is 12.9. The van der Waals surface area contributed by atoms with Crippen molar-refractivity contribution in [1.29, 1.82) is 0 Å². The van der Waals surface area contributed by atoms with Crippen LogP contribution in [0.2, 0.25) is 0 Å². The lowest BCUT2D eigenvalue weighted by Crippen LogP contribution is -2.49. The molecule has 2 amide bonds. The molecule has 4 nitrogen and oxygen atoms in total. The largest absolute Gasteiger partial charge is 0.354 e. The van der Waals surface area contributed by atoms with Gasteiger partial charge in [-0.15, -0.1) is 0 Å². The average molecular weight is 300 g/mol. The van der Waals surface area contributed by atoms with E-state index in [0.29, 0.717) is 18.2 Å². The molecule has 0 spiro atoms. The Balaban J connectivity index is 2.54. The predicted octanol–water partition coefficient (Wildman–Crippen LogP) is 2.14. The molecule has 0 aromatic heterocycles. The Morgan fingerprint density at radius 3 is 2.30 bits per heavy atom. The second kappa shape index (κ2) is 7.91. The Hall–Kier alpha value is -0.710. The second-order valence-corrected chi connectivity index (χ2v) is 6.82. The van der Waals surface area contributed by atoms with Crippen molar-refractivity contribution in [3.8, 4) is 0 Å². The van der Waals surface area contributed by atoms with Gasteiger partial charge in [-0.25, -0.2) is 0 Å². The molecular formula is C15H28N2O2S. The minimum Gasteiger partial charge on any atom is -0.354 e. The predicted molar refractivity (Wildman–Crippen MR) is 84.8 cm³/mol. The van der Waals surface area contributed by atoms with Crippen LogP contribution in [0, 0.1) is 11.3 Å². The summed E-state index contributed by atoms with van der Waals surface area (Å²) < 4.78 is 0. The van der Waals surface area contributed by atoms with Crippen molar-refractivity contribution < 1.29 is 9.59 Å². The number of thiol groups is 1. The smallest absolute Gasteiger partial charge is 0.243 e. The molecule has 0 heterocycles. The van der Waals surface area contributed by atoms with Crippen LogP contribution in [0.15, 0.2) is 0 Å². The van der Waals surface area contributed by atoms with Crippen molar-refractivity contribution in [2.75, 3.05) is 12.3 Å². The Morgan fingerprint density at radius 2 is 1.85 bits per heavy atom. The Bertz CT molecular complexity index is 339. The van der Waals surface area contributed by atoms with Crippen LogP contribution in [-0.4, -0.2) is 30.2 Å². The van der Waals surface area contributed by atoms with Crippen LogP contribution in [-0.2, 0) is 9.59 Å². The lowest BCUT2D eigenvalue weighted by atomic mass is 9.78. The Kier molecular flexibility index (Phi) is 6.86. The van der Waals surface area contributed by atoms with Crippen LogP contribution in [0.1, 0.15) is 52.9 Å². The summed E-state index contributed by atoms with van der Waals surface area (Å²) >= 11 is 4.13. The van der Waals surface area contributed by atoms with Gasteiger partial charge >= 0.3 is 0 Å². The van der Waals surface area contributed by atoms with Gasteiger partial charge in [0.2, 0.25) is 11.8 Å². The molecule has 20 heavy (non-hydrogen) atoms. The minimum atomic E-state index is -0.534. The van der Waals surface area contributed by atoms with E-state index in [1.807, 2.05) is 0 Å². The average Bonchev–Trinajstić information content (AvgIpc) is 2.81. The summed E-state index contributed by atoms with van der Waals surface area (Å²) in [5, 5.41) is 5.66. The van der Waals surface area contributed by atoms with E-state index in [0.717, 1.165) is 6.42 Å². The van der Waals surface area contributed by atoms with E-state index in [-0.39, 0.29) is 17.2 Å². The topological polar surface area (TPSA) is 58.2 Å². The summed E-state index contributed by atoms with van der Waals surface area (Å²) in [6.45, 7) is 6.60. The summed E-state index contributed by atoms with van der Waals surface area (Å²) in [6.07, 6.45) is 6.04. The molecule has 1 rings (SSSR count). The molecule has 116 valence electrons. The van der Waals surface area contributed by atoms with Gasteiger partial charge < -0.3 is 10.6 Å². The van der Waals surface area contributed by atoms with Gasteiger partial charge in [-0.2, -0.15) is 12.6 Å². The van der Waals surface area contributed by atoms with Crippen molar-refractivity contribution in [1.82, 2.24) is 10.6 Å². The molecule has 1 saturated carbocycles. The van der Waals surface area contributed by atoms with Crippen molar-refractivity contribution in [3.63, 3.8) is 0 Å². The first kappa shape index (κ1) is 17.3. The molecule has 0 radical (unpaired) electrons. The van der Waals surface area contributed by atoms with Crippen LogP contribution in [0.5, 0.6) is 0 Å². The lowest BCUT2D eigenvalue weighted by molar-refractivity contribution is -0.127. The highest BCUT2D eigenvalue weighted by molar-refractivity contribution is 7.80. The maximum atomic E-state index is 12.1.